The third kappa shape index (κ3) is 3.50. The summed E-state index contributed by atoms with van der Waals surface area (Å²) >= 11 is 0. The monoisotopic (exact) mass is 285 g/mol. The van der Waals surface area contributed by atoms with E-state index in [9.17, 15) is 0 Å². The van der Waals surface area contributed by atoms with Crippen molar-refractivity contribution in [3.63, 3.8) is 0 Å². The molecule has 3 rings (SSSR count). The normalized spacial score (nSPS) is 16.1. The van der Waals surface area contributed by atoms with Crippen LogP contribution in [0.4, 0.5) is 0 Å². The lowest BCUT2D eigenvalue weighted by atomic mass is 10.1. The molecule has 1 unspecified atom stereocenters. The zero-order valence-electron chi connectivity index (χ0n) is 12.8. The molecule has 0 aliphatic heterocycles. The van der Waals surface area contributed by atoms with E-state index in [1.807, 2.05) is 0 Å². The predicted molar refractivity (Wildman–Crippen MR) is 83.0 cm³/mol. The fourth-order valence-corrected chi connectivity index (χ4v) is 2.70. The summed E-state index contributed by atoms with van der Waals surface area (Å²) in [5.41, 5.74) is 2.34. The van der Waals surface area contributed by atoms with Gasteiger partial charge in [0.15, 0.2) is 0 Å². The minimum atomic E-state index is 0.478. The van der Waals surface area contributed by atoms with Crippen LogP contribution in [0.15, 0.2) is 28.8 Å². The van der Waals surface area contributed by atoms with E-state index in [0.29, 0.717) is 11.9 Å². The fourth-order valence-electron chi connectivity index (χ4n) is 2.70. The summed E-state index contributed by atoms with van der Waals surface area (Å²) in [6.45, 7) is 5.28. The van der Waals surface area contributed by atoms with Crippen molar-refractivity contribution < 1.29 is 4.52 Å². The number of rotatable bonds is 7. The molecule has 0 radical (unpaired) electrons. The quantitative estimate of drug-likeness (QED) is 0.848. The average Bonchev–Trinajstić information content (AvgIpc) is 3.27. The maximum Gasteiger partial charge on any atom is 0.228 e. The Hall–Kier alpha value is -1.68. The number of aryl methyl sites for hydroxylation is 1. The lowest BCUT2D eigenvalue weighted by molar-refractivity contribution is 0.348. The molecular formula is C17H23N3O. The second kappa shape index (κ2) is 6.39. The Morgan fingerprint density at radius 1 is 1.24 bits per heavy atom. The second-order valence-corrected chi connectivity index (χ2v) is 5.77. The molecule has 0 spiro atoms. The number of nitrogens with one attached hydrogen (secondary N) is 1. The first-order valence-electron chi connectivity index (χ1n) is 7.95. The third-order valence-electron chi connectivity index (χ3n) is 4.14. The number of hydrogen-bond acceptors (Lipinski definition) is 4. The first kappa shape index (κ1) is 14.3. The van der Waals surface area contributed by atoms with Gasteiger partial charge < -0.3 is 9.84 Å². The van der Waals surface area contributed by atoms with Gasteiger partial charge in [0.25, 0.3) is 0 Å². The van der Waals surface area contributed by atoms with Gasteiger partial charge in [0.1, 0.15) is 0 Å². The van der Waals surface area contributed by atoms with E-state index in [-0.39, 0.29) is 0 Å². The lowest BCUT2D eigenvalue weighted by Gasteiger charge is -2.14. The number of aromatic nitrogens is 2. The molecule has 1 aliphatic carbocycles. The van der Waals surface area contributed by atoms with Crippen LogP contribution in [0.25, 0.3) is 11.4 Å². The van der Waals surface area contributed by atoms with Crippen molar-refractivity contribution in [3.8, 4) is 11.4 Å². The number of nitrogens with zero attached hydrogens (tertiary/aromatic N) is 2. The highest BCUT2D eigenvalue weighted by atomic mass is 16.5. The van der Waals surface area contributed by atoms with Crippen LogP contribution in [0.2, 0.25) is 0 Å². The van der Waals surface area contributed by atoms with Crippen LogP contribution >= 0.6 is 0 Å². The van der Waals surface area contributed by atoms with Gasteiger partial charge in [0.05, 0.1) is 0 Å². The van der Waals surface area contributed by atoms with Gasteiger partial charge in [0.2, 0.25) is 11.7 Å². The highest BCUT2D eigenvalue weighted by molar-refractivity contribution is 5.54. The summed E-state index contributed by atoms with van der Waals surface area (Å²) < 4.78 is 5.43. The molecule has 0 bridgehead atoms. The first-order valence-corrected chi connectivity index (χ1v) is 7.95. The Morgan fingerprint density at radius 2 is 2.00 bits per heavy atom. The Bertz CT molecular complexity index is 572. The predicted octanol–water partition coefficient (Wildman–Crippen LogP) is 3.23. The molecule has 21 heavy (non-hydrogen) atoms. The van der Waals surface area contributed by atoms with Crippen molar-refractivity contribution in [2.45, 2.75) is 45.6 Å². The van der Waals surface area contributed by atoms with Crippen molar-refractivity contribution in [2.24, 2.45) is 5.92 Å². The van der Waals surface area contributed by atoms with Crippen molar-refractivity contribution >= 4 is 0 Å². The smallest absolute Gasteiger partial charge is 0.228 e. The molecule has 1 N–H and O–H groups in total. The summed E-state index contributed by atoms with van der Waals surface area (Å²) in [6, 6.07) is 8.85. The summed E-state index contributed by atoms with van der Waals surface area (Å²) in [7, 11) is 0. The Labute approximate surface area is 126 Å². The molecule has 0 amide bonds. The number of likely N-dealkylation sites (N-methyl/N-ethyl adjacent to an activating group) is 1. The Balaban J connectivity index is 1.69. The number of benzene rings is 1. The maximum absolute atomic E-state index is 5.43. The topological polar surface area (TPSA) is 51.0 Å². The molecule has 112 valence electrons. The van der Waals surface area contributed by atoms with E-state index >= 15 is 0 Å². The van der Waals surface area contributed by atoms with Crippen LogP contribution < -0.4 is 5.32 Å². The van der Waals surface area contributed by atoms with E-state index < -0.39 is 0 Å². The van der Waals surface area contributed by atoms with Gasteiger partial charge in [-0.05, 0) is 37.3 Å². The van der Waals surface area contributed by atoms with E-state index in [0.717, 1.165) is 36.8 Å². The molecule has 1 fully saturated rings. The highest BCUT2D eigenvalue weighted by Crippen LogP contribution is 2.34. The molecule has 1 aliphatic rings. The van der Waals surface area contributed by atoms with Crippen LogP contribution in [0.1, 0.15) is 38.1 Å². The lowest BCUT2D eigenvalue weighted by Crippen LogP contribution is -2.33. The van der Waals surface area contributed by atoms with Gasteiger partial charge >= 0.3 is 0 Å². The molecule has 2 aromatic rings. The number of hydrogen-bond donors (Lipinski definition) is 1. The third-order valence-corrected chi connectivity index (χ3v) is 4.14. The molecule has 1 aromatic heterocycles. The SMILES string of the molecule is CCNC(Cc1nc(-c2ccc(CC)cc2)no1)C1CC1. The van der Waals surface area contributed by atoms with Crippen LogP contribution in [0.3, 0.4) is 0 Å². The van der Waals surface area contributed by atoms with Gasteiger partial charge in [-0.1, -0.05) is 43.3 Å². The van der Waals surface area contributed by atoms with Crippen LogP contribution in [-0.4, -0.2) is 22.7 Å². The fraction of sp³-hybridized carbons (Fsp3) is 0.529. The summed E-state index contributed by atoms with van der Waals surface area (Å²) in [4.78, 5) is 4.55. The average molecular weight is 285 g/mol. The minimum Gasteiger partial charge on any atom is -0.339 e. The molecule has 1 heterocycles. The zero-order chi connectivity index (χ0) is 14.7. The van der Waals surface area contributed by atoms with Crippen LogP contribution in [0.5, 0.6) is 0 Å². The largest absolute Gasteiger partial charge is 0.339 e. The van der Waals surface area contributed by atoms with Gasteiger partial charge in [-0.15, -0.1) is 0 Å². The van der Waals surface area contributed by atoms with E-state index in [4.69, 9.17) is 4.52 Å². The van der Waals surface area contributed by atoms with Gasteiger partial charge in [-0.25, -0.2) is 0 Å². The van der Waals surface area contributed by atoms with Crippen LogP contribution in [0, 0.1) is 5.92 Å². The zero-order valence-corrected chi connectivity index (χ0v) is 12.8. The molecular weight excluding hydrogens is 262 g/mol. The van der Waals surface area contributed by atoms with Crippen molar-refractivity contribution in [3.05, 3.63) is 35.7 Å². The second-order valence-electron chi connectivity index (χ2n) is 5.77. The molecule has 1 atom stereocenters. The van der Waals surface area contributed by atoms with Crippen molar-refractivity contribution in [1.29, 1.82) is 0 Å². The van der Waals surface area contributed by atoms with Crippen molar-refractivity contribution in [2.75, 3.05) is 6.54 Å². The van der Waals surface area contributed by atoms with Crippen molar-refractivity contribution in [1.82, 2.24) is 15.5 Å². The summed E-state index contributed by atoms with van der Waals surface area (Å²) in [5, 5.41) is 7.65. The standard InChI is InChI=1S/C17H23N3O/c1-3-12-5-7-14(8-6-12)17-19-16(21-20-17)11-15(18-4-2)13-9-10-13/h5-8,13,15,18H,3-4,9-11H2,1-2H3. The molecule has 0 saturated heterocycles. The molecule has 4 heteroatoms. The molecule has 1 aromatic carbocycles. The van der Waals surface area contributed by atoms with E-state index in [1.165, 1.54) is 18.4 Å². The highest BCUT2D eigenvalue weighted by Gasteiger charge is 2.31. The van der Waals surface area contributed by atoms with Gasteiger partial charge in [0, 0.05) is 18.0 Å². The minimum absolute atomic E-state index is 0.478. The maximum atomic E-state index is 5.43. The van der Waals surface area contributed by atoms with E-state index in [2.05, 4.69) is 53.6 Å². The Kier molecular flexibility index (Phi) is 4.34. The Morgan fingerprint density at radius 3 is 2.62 bits per heavy atom. The summed E-state index contributed by atoms with van der Waals surface area (Å²) in [6.07, 6.45) is 4.51. The van der Waals surface area contributed by atoms with Gasteiger partial charge in [-0.2, -0.15) is 4.98 Å². The summed E-state index contributed by atoms with van der Waals surface area (Å²) in [5.74, 6) is 2.21. The molecule has 1 saturated carbocycles. The van der Waals surface area contributed by atoms with Crippen LogP contribution in [-0.2, 0) is 12.8 Å². The van der Waals surface area contributed by atoms with E-state index in [1.54, 1.807) is 0 Å². The molecule has 4 nitrogen and oxygen atoms in total. The first-order chi connectivity index (χ1) is 10.3. The van der Waals surface area contributed by atoms with Gasteiger partial charge in [-0.3, -0.25) is 0 Å².